The first kappa shape index (κ1) is 14.8. The van der Waals surface area contributed by atoms with Crippen LogP contribution in [0.25, 0.3) is 10.8 Å². The van der Waals surface area contributed by atoms with Crippen LogP contribution in [0.1, 0.15) is 24.8 Å². The summed E-state index contributed by atoms with van der Waals surface area (Å²) in [5, 5.41) is 2.30. The van der Waals surface area contributed by atoms with E-state index >= 15 is 0 Å². The van der Waals surface area contributed by atoms with Crippen molar-refractivity contribution >= 4 is 22.5 Å². The van der Waals surface area contributed by atoms with Crippen LogP contribution in [-0.4, -0.2) is 18.9 Å². The van der Waals surface area contributed by atoms with Gasteiger partial charge in [0, 0.05) is 12.3 Å². The molecule has 0 aliphatic heterocycles. The minimum Gasteiger partial charge on any atom is -0.469 e. The third-order valence-electron chi connectivity index (χ3n) is 4.66. The number of Topliss-reactive ketones (excluding diaryl/α,β-unsaturated/α-hetero) is 1. The zero-order chi connectivity index (χ0) is 15.5. The molecule has 1 aliphatic carbocycles. The maximum atomic E-state index is 12.2. The molecule has 0 radical (unpaired) electrons. The molecule has 0 N–H and O–H groups in total. The summed E-state index contributed by atoms with van der Waals surface area (Å²) >= 11 is 0. The molecule has 1 aliphatic rings. The first-order valence-corrected chi connectivity index (χ1v) is 7.78. The molecule has 114 valence electrons. The van der Waals surface area contributed by atoms with Crippen LogP contribution in [-0.2, 0) is 20.7 Å². The lowest BCUT2D eigenvalue weighted by atomic mass is 9.84. The number of fused-ring (bicyclic) bond motifs is 1. The number of carbonyl (C=O) groups excluding carboxylic acids is 2. The van der Waals surface area contributed by atoms with Crippen LogP contribution >= 0.6 is 0 Å². The highest BCUT2D eigenvalue weighted by molar-refractivity contribution is 5.90. The van der Waals surface area contributed by atoms with Gasteiger partial charge in [-0.3, -0.25) is 9.59 Å². The van der Waals surface area contributed by atoms with Gasteiger partial charge in [-0.05, 0) is 35.6 Å². The normalized spacial score (nSPS) is 19.3. The number of hydrogen-bond acceptors (Lipinski definition) is 3. The van der Waals surface area contributed by atoms with Crippen molar-refractivity contribution in [3.63, 3.8) is 0 Å². The predicted molar refractivity (Wildman–Crippen MR) is 85.5 cm³/mol. The minimum absolute atomic E-state index is 0.189. The number of ether oxygens (including phenoxy) is 1. The van der Waals surface area contributed by atoms with Gasteiger partial charge >= 0.3 is 5.97 Å². The Hall–Kier alpha value is -2.16. The molecule has 3 heteroatoms. The molecule has 2 atom stereocenters. The van der Waals surface area contributed by atoms with E-state index in [9.17, 15) is 9.59 Å². The van der Waals surface area contributed by atoms with E-state index in [0.717, 1.165) is 29.2 Å². The average molecular weight is 296 g/mol. The van der Waals surface area contributed by atoms with Crippen LogP contribution in [0, 0.1) is 11.8 Å². The molecular formula is C19H20O3. The standard InChI is InChI=1S/C19H20O3/c1-22-19(21)17(16-10-5-11-18(16)20)12-14-8-4-7-13-6-2-3-9-15(13)14/h2-4,6-9,16-17H,5,10-12H2,1H3/t16-,17+/m1/s1. The van der Waals surface area contributed by atoms with Crippen LogP contribution < -0.4 is 0 Å². The summed E-state index contributed by atoms with van der Waals surface area (Å²) in [4.78, 5) is 24.3. The topological polar surface area (TPSA) is 43.4 Å². The molecule has 0 amide bonds. The number of ketones is 1. The fourth-order valence-electron chi connectivity index (χ4n) is 3.52. The van der Waals surface area contributed by atoms with Gasteiger partial charge < -0.3 is 4.74 Å². The van der Waals surface area contributed by atoms with Crippen molar-refractivity contribution in [3.05, 3.63) is 48.0 Å². The first-order valence-electron chi connectivity index (χ1n) is 7.78. The Bertz CT molecular complexity index is 699. The van der Waals surface area contributed by atoms with Gasteiger partial charge in [-0.25, -0.2) is 0 Å². The van der Waals surface area contributed by atoms with E-state index in [1.54, 1.807) is 0 Å². The van der Waals surface area contributed by atoms with Crippen molar-refractivity contribution in [1.29, 1.82) is 0 Å². The van der Waals surface area contributed by atoms with Crippen molar-refractivity contribution in [1.82, 2.24) is 0 Å². The molecule has 2 aromatic carbocycles. The lowest BCUT2D eigenvalue weighted by molar-refractivity contribution is -0.149. The summed E-state index contributed by atoms with van der Waals surface area (Å²) in [6, 6.07) is 14.2. The van der Waals surface area contributed by atoms with Crippen LogP contribution in [0.15, 0.2) is 42.5 Å². The third kappa shape index (κ3) is 2.76. The van der Waals surface area contributed by atoms with Crippen LogP contribution in [0.4, 0.5) is 0 Å². The van der Waals surface area contributed by atoms with E-state index in [1.165, 1.54) is 7.11 Å². The Morgan fingerprint density at radius 3 is 2.73 bits per heavy atom. The zero-order valence-electron chi connectivity index (χ0n) is 12.7. The molecule has 0 spiro atoms. The molecule has 2 aromatic rings. The van der Waals surface area contributed by atoms with Gasteiger partial charge in [-0.1, -0.05) is 42.5 Å². The molecule has 0 aromatic heterocycles. The Labute approximate surface area is 130 Å². The summed E-state index contributed by atoms with van der Waals surface area (Å²) < 4.78 is 4.97. The second kappa shape index (κ2) is 6.30. The van der Waals surface area contributed by atoms with Gasteiger partial charge in [0.05, 0.1) is 13.0 Å². The Kier molecular flexibility index (Phi) is 4.23. The van der Waals surface area contributed by atoms with Crippen LogP contribution in [0.5, 0.6) is 0 Å². The Morgan fingerprint density at radius 2 is 2.00 bits per heavy atom. The monoisotopic (exact) mass is 296 g/mol. The molecule has 1 fully saturated rings. The van der Waals surface area contributed by atoms with E-state index < -0.39 is 0 Å². The molecule has 3 rings (SSSR count). The van der Waals surface area contributed by atoms with Gasteiger partial charge in [0.15, 0.2) is 0 Å². The number of hydrogen-bond donors (Lipinski definition) is 0. The van der Waals surface area contributed by atoms with Gasteiger partial charge in [0.1, 0.15) is 5.78 Å². The van der Waals surface area contributed by atoms with Crippen molar-refractivity contribution in [2.75, 3.05) is 7.11 Å². The summed E-state index contributed by atoms with van der Waals surface area (Å²) in [5.41, 5.74) is 1.10. The molecule has 3 nitrogen and oxygen atoms in total. The molecule has 0 unspecified atom stereocenters. The molecule has 0 heterocycles. The molecule has 0 saturated heterocycles. The summed E-state index contributed by atoms with van der Waals surface area (Å²) in [7, 11) is 1.40. The minimum atomic E-state index is -0.370. The van der Waals surface area contributed by atoms with E-state index in [4.69, 9.17) is 4.74 Å². The number of methoxy groups -OCH3 is 1. The summed E-state index contributed by atoms with van der Waals surface area (Å²) in [6.07, 6.45) is 2.83. The van der Waals surface area contributed by atoms with Gasteiger partial charge in [0.2, 0.25) is 0 Å². The van der Waals surface area contributed by atoms with Gasteiger partial charge in [-0.15, -0.1) is 0 Å². The Balaban J connectivity index is 1.95. The highest BCUT2D eigenvalue weighted by Gasteiger charge is 2.37. The smallest absolute Gasteiger partial charge is 0.309 e. The van der Waals surface area contributed by atoms with Crippen molar-refractivity contribution < 1.29 is 14.3 Å². The number of carbonyl (C=O) groups is 2. The lowest BCUT2D eigenvalue weighted by Gasteiger charge is -2.20. The SMILES string of the molecule is COC(=O)[C@@H](Cc1cccc2ccccc12)[C@H]1CCCC1=O. The van der Waals surface area contributed by atoms with Gasteiger partial charge in [-0.2, -0.15) is 0 Å². The highest BCUT2D eigenvalue weighted by Crippen LogP contribution is 2.33. The largest absolute Gasteiger partial charge is 0.469 e. The average Bonchev–Trinajstić information content (AvgIpc) is 2.98. The molecule has 1 saturated carbocycles. The summed E-state index contributed by atoms with van der Waals surface area (Å²) in [6.45, 7) is 0. The maximum Gasteiger partial charge on any atom is 0.309 e. The Morgan fingerprint density at radius 1 is 1.23 bits per heavy atom. The van der Waals surface area contributed by atoms with Gasteiger partial charge in [0.25, 0.3) is 0 Å². The number of benzene rings is 2. The molecule has 0 bridgehead atoms. The maximum absolute atomic E-state index is 12.2. The van der Waals surface area contributed by atoms with Crippen molar-refractivity contribution in [2.45, 2.75) is 25.7 Å². The van der Waals surface area contributed by atoms with E-state index in [-0.39, 0.29) is 23.6 Å². The van der Waals surface area contributed by atoms with Crippen LogP contribution in [0.3, 0.4) is 0 Å². The quantitative estimate of drug-likeness (QED) is 0.811. The van der Waals surface area contributed by atoms with E-state index in [2.05, 4.69) is 18.2 Å². The number of rotatable bonds is 4. The molecule has 22 heavy (non-hydrogen) atoms. The van der Waals surface area contributed by atoms with E-state index in [0.29, 0.717) is 12.8 Å². The van der Waals surface area contributed by atoms with Crippen molar-refractivity contribution in [3.8, 4) is 0 Å². The predicted octanol–water partition coefficient (Wildman–Crippen LogP) is 3.54. The summed E-state index contributed by atoms with van der Waals surface area (Å²) in [5.74, 6) is -0.624. The zero-order valence-corrected chi connectivity index (χ0v) is 12.7. The molecular weight excluding hydrogens is 276 g/mol. The van der Waals surface area contributed by atoms with Crippen LogP contribution in [0.2, 0.25) is 0 Å². The van der Waals surface area contributed by atoms with Crippen molar-refractivity contribution in [2.24, 2.45) is 11.8 Å². The second-order valence-electron chi connectivity index (χ2n) is 5.94. The first-order chi connectivity index (χ1) is 10.7. The third-order valence-corrected chi connectivity index (χ3v) is 4.66. The lowest BCUT2D eigenvalue weighted by Crippen LogP contribution is -2.29. The fourth-order valence-corrected chi connectivity index (χ4v) is 3.52. The number of esters is 1. The highest BCUT2D eigenvalue weighted by atomic mass is 16.5. The second-order valence-corrected chi connectivity index (χ2v) is 5.94. The fraction of sp³-hybridized carbons (Fsp3) is 0.368. The van der Waals surface area contributed by atoms with E-state index in [1.807, 2.05) is 24.3 Å².